The molecule has 12 aromatic rings. The second-order valence-electron chi connectivity index (χ2n) is 14.7. The summed E-state index contributed by atoms with van der Waals surface area (Å²) < 4.78 is 15.3. The molecule has 0 unspecified atom stereocenters. The SMILES string of the molecule is N#Cc1cccc(-c2nc(-c3cccc(-c4cccc5c4oc4c(-c6cccc7oc8ccccc8c67)cccc45)c3)nc(-n3c4ccccc4c4ccccc43)n2)c1. The topological polar surface area (TPSA) is 93.7 Å². The van der Waals surface area contributed by atoms with Gasteiger partial charge in [0.25, 0.3) is 0 Å². The first-order chi connectivity index (χ1) is 29.2. The number of nitrogens with zero attached hydrogens (tertiary/aromatic N) is 5. The number of nitriles is 1. The van der Waals surface area contributed by atoms with Crippen LogP contribution in [0.25, 0.3) is 117 Å². The van der Waals surface area contributed by atoms with Crippen molar-refractivity contribution in [1.29, 1.82) is 5.26 Å². The van der Waals surface area contributed by atoms with Gasteiger partial charge in [-0.25, -0.2) is 4.98 Å². The van der Waals surface area contributed by atoms with Gasteiger partial charge in [0.2, 0.25) is 5.95 Å². The minimum Gasteiger partial charge on any atom is -0.456 e. The maximum atomic E-state index is 9.77. The zero-order valence-electron chi connectivity index (χ0n) is 31.3. The van der Waals surface area contributed by atoms with Crippen LogP contribution >= 0.6 is 0 Å². The lowest BCUT2D eigenvalue weighted by Gasteiger charge is -2.12. The van der Waals surface area contributed by atoms with E-state index in [0.717, 1.165) is 99.1 Å². The third-order valence-corrected chi connectivity index (χ3v) is 11.3. The molecule has 4 heterocycles. The van der Waals surface area contributed by atoms with Gasteiger partial charge in [-0.15, -0.1) is 0 Å². The molecule has 0 amide bonds. The van der Waals surface area contributed by atoms with Crippen molar-refractivity contribution in [2.75, 3.05) is 0 Å². The lowest BCUT2D eigenvalue weighted by molar-refractivity contribution is 0.669. The summed E-state index contributed by atoms with van der Waals surface area (Å²) in [6.45, 7) is 0. The van der Waals surface area contributed by atoms with Crippen LogP contribution in [0.1, 0.15) is 5.56 Å². The summed E-state index contributed by atoms with van der Waals surface area (Å²) in [5, 5.41) is 16.2. The number of hydrogen-bond acceptors (Lipinski definition) is 6. The van der Waals surface area contributed by atoms with Crippen molar-refractivity contribution in [2.45, 2.75) is 0 Å². The van der Waals surface area contributed by atoms with Crippen molar-refractivity contribution in [3.63, 3.8) is 0 Å². The van der Waals surface area contributed by atoms with Crippen LogP contribution in [0.4, 0.5) is 0 Å². The molecule has 4 aromatic heterocycles. The molecular formula is C52H29N5O2. The lowest BCUT2D eigenvalue weighted by Crippen LogP contribution is -2.06. The maximum absolute atomic E-state index is 9.77. The molecule has 0 radical (unpaired) electrons. The van der Waals surface area contributed by atoms with E-state index >= 15 is 0 Å². The maximum Gasteiger partial charge on any atom is 0.238 e. The molecule has 0 fully saturated rings. The Balaban J connectivity index is 1.04. The van der Waals surface area contributed by atoms with Gasteiger partial charge in [0, 0.05) is 54.6 Å². The molecule has 0 N–H and O–H groups in total. The highest BCUT2D eigenvalue weighted by molar-refractivity contribution is 6.18. The predicted molar refractivity (Wildman–Crippen MR) is 235 cm³/mol. The Hall–Kier alpha value is -8.34. The van der Waals surface area contributed by atoms with E-state index in [2.05, 4.69) is 95.6 Å². The van der Waals surface area contributed by atoms with Gasteiger partial charge in [-0.3, -0.25) is 4.57 Å². The number of aromatic nitrogens is 4. The molecule has 0 aliphatic carbocycles. The first-order valence-electron chi connectivity index (χ1n) is 19.4. The van der Waals surface area contributed by atoms with Crippen molar-refractivity contribution in [3.05, 3.63) is 181 Å². The fourth-order valence-electron chi connectivity index (χ4n) is 8.67. The monoisotopic (exact) mass is 755 g/mol. The Bertz CT molecular complexity index is 3660. The van der Waals surface area contributed by atoms with Gasteiger partial charge in [-0.2, -0.15) is 15.2 Å². The molecule has 274 valence electrons. The van der Waals surface area contributed by atoms with Crippen LogP contribution in [0.15, 0.2) is 185 Å². The number of para-hydroxylation sites is 5. The van der Waals surface area contributed by atoms with Gasteiger partial charge in [0.15, 0.2) is 11.6 Å². The van der Waals surface area contributed by atoms with E-state index in [-0.39, 0.29) is 0 Å². The first kappa shape index (κ1) is 32.9. The average molecular weight is 756 g/mol. The van der Waals surface area contributed by atoms with Crippen LogP contribution in [0.2, 0.25) is 0 Å². The van der Waals surface area contributed by atoms with Gasteiger partial charge in [-0.1, -0.05) is 133 Å². The quantitative estimate of drug-likeness (QED) is 0.174. The minimum absolute atomic E-state index is 0.474. The zero-order valence-corrected chi connectivity index (χ0v) is 31.3. The number of hydrogen-bond donors (Lipinski definition) is 0. The molecule has 0 bridgehead atoms. The second kappa shape index (κ2) is 12.8. The van der Waals surface area contributed by atoms with Crippen LogP contribution in [0.3, 0.4) is 0 Å². The Morgan fingerprint density at radius 3 is 1.71 bits per heavy atom. The van der Waals surface area contributed by atoms with Crippen molar-refractivity contribution < 1.29 is 8.83 Å². The molecule has 59 heavy (non-hydrogen) atoms. The van der Waals surface area contributed by atoms with E-state index in [4.69, 9.17) is 23.8 Å². The highest BCUT2D eigenvalue weighted by Gasteiger charge is 2.21. The average Bonchev–Trinajstić information content (AvgIpc) is 3.99. The lowest BCUT2D eigenvalue weighted by atomic mass is 9.97. The summed E-state index contributed by atoms with van der Waals surface area (Å²) in [6.07, 6.45) is 0. The van der Waals surface area contributed by atoms with Crippen LogP contribution in [-0.2, 0) is 0 Å². The van der Waals surface area contributed by atoms with E-state index in [1.54, 1.807) is 6.07 Å². The molecule has 0 atom stereocenters. The van der Waals surface area contributed by atoms with Gasteiger partial charge in [-0.05, 0) is 53.6 Å². The van der Waals surface area contributed by atoms with Crippen LogP contribution in [0, 0.1) is 11.3 Å². The molecule has 7 nitrogen and oxygen atoms in total. The summed E-state index contributed by atoms with van der Waals surface area (Å²) >= 11 is 0. The van der Waals surface area contributed by atoms with Crippen LogP contribution in [-0.4, -0.2) is 19.5 Å². The highest BCUT2D eigenvalue weighted by atomic mass is 16.3. The Morgan fingerprint density at radius 1 is 0.424 bits per heavy atom. The Labute approximate surface area is 336 Å². The molecule has 0 saturated heterocycles. The Morgan fingerprint density at radius 2 is 0.966 bits per heavy atom. The van der Waals surface area contributed by atoms with E-state index in [1.165, 1.54) is 0 Å². The largest absolute Gasteiger partial charge is 0.456 e. The number of fused-ring (bicyclic) bond motifs is 9. The normalized spacial score (nSPS) is 11.7. The first-order valence-corrected chi connectivity index (χ1v) is 19.4. The summed E-state index contributed by atoms with van der Waals surface area (Å²) in [6, 6.07) is 61.5. The standard InChI is InChI=1S/C52H29N5O2/c53-30-31-12-7-14-33(28-31)50-54-51(56-52(55-50)57-43-24-4-1-16-36(43)37-17-2-5-25-44(37)57)34-15-8-13-32(29-34)35-19-9-22-40-41-23-10-21-39(49(41)59-48(35)40)38-20-11-27-46-47(38)42-18-3-6-26-45(42)58-46/h1-29H. The van der Waals surface area contributed by atoms with E-state index in [1.807, 2.05) is 84.9 Å². The molecule has 0 spiro atoms. The third kappa shape index (κ3) is 5.10. The number of benzene rings is 8. The van der Waals surface area contributed by atoms with Gasteiger partial charge >= 0.3 is 0 Å². The van der Waals surface area contributed by atoms with Gasteiger partial charge in [0.05, 0.1) is 22.7 Å². The summed E-state index contributed by atoms with van der Waals surface area (Å²) in [4.78, 5) is 15.3. The van der Waals surface area contributed by atoms with Gasteiger partial charge < -0.3 is 8.83 Å². The number of furan rings is 2. The Kier molecular flexibility index (Phi) is 7.16. The van der Waals surface area contributed by atoms with Crippen LogP contribution in [0.5, 0.6) is 0 Å². The molecule has 8 aromatic carbocycles. The molecule has 0 aliphatic rings. The third-order valence-electron chi connectivity index (χ3n) is 11.3. The molecular weight excluding hydrogens is 727 g/mol. The van der Waals surface area contributed by atoms with Crippen molar-refractivity contribution in [1.82, 2.24) is 19.5 Å². The molecule has 12 rings (SSSR count). The van der Waals surface area contributed by atoms with Crippen LogP contribution < -0.4 is 0 Å². The van der Waals surface area contributed by atoms with E-state index < -0.39 is 0 Å². The summed E-state index contributed by atoms with van der Waals surface area (Å²) in [7, 11) is 0. The highest BCUT2D eigenvalue weighted by Crippen LogP contribution is 2.44. The van der Waals surface area contributed by atoms with E-state index in [0.29, 0.717) is 23.2 Å². The van der Waals surface area contributed by atoms with Crippen molar-refractivity contribution >= 4 is 65.7 Å². The second-order valence-corrected chi connectivity index (χ2v) is 14.7. The van der Waals surface area contributed by atoms with E-state index in [9.17, 15) is 5.26 Å². The molecule has 0 aliphatic heterocycles. The smallest absolute Gasteiger partial charge is 0.238 e. The van der Waals surface area contributed by atoms with Gasteiger partial charge in [0.1, 0.15) is 22.3 Å². The zero-order chi connectivity index (χ0) is 39.0. The minimum atomic E-state index is 0.474. The summed E-state index contributed by atoms with van der Waals surface area (Å²) in [5.41, 5.74) is 11.4. The predicted octanol–water partition coefficient (Wildman–Crippen LogP) is 13.3. The fourth-order valence-corrected chi connectivity index (χ4v) is 8.67. The number of rotatable bonds is 5. The van der Waals surface area contributed by atoms with Crippen molar-refractivity contribution in [3.8, 4) is 57.0 Å². The molecule has 0 saturated carbocycles. The molecule has 7 heteroatoms. The summed E-state index contributed by atoms with van der Waals surface area (Å²) in [5.74, 6) is 1.47. The fraction of sp³-hybridized carbons (Fsp3) is 0. The van der Waals surface area contributed by atoms with Crippen molar-refractivity contribution in [2.24, 2.45) is 0 Å².